The molecule has 2 rings (SSSR count). The molecule has 0 aromatic heterocycles. The first-order valence-corrected chi connectivity index (χ1v) is 8.28. The monoisotopic (exact) mass is 341 g/mol. The average Bonchev–Trinajstić information content (AvgIpc) is 2.50. The van der Waals surface area contributed by atoms with Crippen LogP contribution in [-0.4, -0.2) is 32.4 Å². The van der Waals surface area contributed by atoms with Gasteiger partial charge in [-0.25, -0.2) is 0 Å². The fraction of sp³-hybridized carbons (Fsp3) is 0.625. The van der Waals surface area contributed by atoms with E-state index in [2.05, 4.69) is 52.4 Å². The average molecular weight is 342 g/mol. The van der Waals surface area contributed by atoms with Crippen molar-refractivity contribution in [1.82, 2.24) is 5.32 Å². The number of halogens is 1. The van der Waals surface area contributed by atoms with Gasteiger partial charge in [0.1, 0.15) is 0 Å². The summed E-state index contributed by atoms with van der Waals surface area (Å²) in [4.78, 5) is 0. The number of nitrogens with one attached hydrogen (secondary N) is 1. The van der Waals surface area contributed by atoms with Gasteiger partial charge in [-0.1, -0.05) is 35.0 Å². The van der Waals surface area contributed by atoms with Crippen molar-refractivity contribution in [3.8, 4) is 0 Å². The lowest BCUT2D eigenvalue weighted by molar-refractivity contribution is -0.0632. The van der Waals surface area contributed by atoms with Gasteiger partial charge in [-0.3, -0.25) is 0 Å². The van der Waals surface area contributed by atoms with Crippen molar-refractivity contribution in [3.63, 3.8) is 0 Å². The van der Waals surface area contributed by atoms with Crippen molar-refractivity contribution in [2.24, 2.45) is 0 Å². The Labute approximate surface area is 130 Å². The first-order chi connectivity index (χ1) is 9.79. The fourth-order valence-electron chi connectivity index (χ4n) is 2.39. The number of rotatable bonds is 7. The molecule has 2 unspecified atom stereocenters. The second-order valence-corrected chi connectivity index (χ2v) is 6.09. The molecule has 1 saturated heterocycles. The third-order valence-electron chi connectivity index (χ3n) is 3.58. The van der Waals surface area contributed by atoms with Gasteiger partial charge in [-0.15, -0.1) is 0 Å². The predicted octanol–water partition coefficient (Wildman–Crippen LogP) is 3.69. The van der Waals surface area contributed by atoms with Crippen LogP contribution in [0.4, 0.5) is 0 Å². The molecule has 1 aliphatic heterocycles. The Morgan fingerprint density at radius 2 is 2.15 bits per heavy atom. The van der Waals surface area contributed by atoms with E-state index in [9.17, 15) is 0 Å². The minimum atomic E-state index is 0.0913. The van der Waals surface area contributed by atoms with Crippen molar-refractivity contribution in [3.05, 3.63) is 34.3 Å². The molecule has 0 spiro atoms. The first kappa shape index (κ1) is 16.0. The zero-order chi connectivity index (χ0) is 14.2. The molecule has 20 heavy (non-hydrogen) atoms. The van der Waals surface area contributed by atoms with E-state index in [1.807, 2.05) is 0 Å². The normalized spacial score (nSPS) is 20.8. The zero-order valence-electron chi connectivity index (χ0n) is 12.1. The van der Waals surface area contributed by atoms with Crippen LogP contribution in [0.15, 0.2) is 28.7 Å². The van der Waals surface area contributed by atoms with Crippen LogP contribution in [0.3, 0.4) is 0 Å². The summed E-state index contributed by atoms with van der Waals surface area (Å²) in [6, 6.07) is 8.37. The Kier molecular flexibility index (Phi) is 7.00. The highest BCUT2D eigenvalue weighted by atomic mass is 79.9. The molecular weight excluding hydrogens is 318 g/mol. The second kappa shape index (κ2) is 8.78. The maximum absolute atomic E-state index is 6.11. The smallest absolute Gasteiger partial charge is 0.0950 e. The summed E-state index contributed by atoms with van der Waals surface area (Å²) in [5.74, 6) is 0. The Hall–Kier alpha value is -0.420. The molecule has 0 amide bonds. The van der Waals surface area contributed by atoms with Crippen molar-refractivity contribution in [2.75, 3.05) is 26.3 Å². The third-order valence-corrected chi connectivity index (χ3v) is 4.11. The molecule has 1 aromatic rings. The summed E-state index contributed by atoms with van der Waals surface area (Å²) in [6.07, 6.45) is 3.92. The minimum absolute atomic E-state index is 0.0913. The fourth-order valence-corrected chi connectivity index (χ4v) is 2.65. The topological polar surface area (TPSA) is 30.5 Å². The Morgan fingerprint density at radius 1 is 1.35 bits per heavy atom. The van der Waals surface area contributed by atoms with Gasteiger partial charge in [0.2, 0.25) is 0 Å². The summed E-state index contributed by atoms with van der Waals surface area (Å²) in [5, 5.41) is 3.37. The van der Waals surface area contributed by atoms with Gasteiger partial charge in [0.25, 0.3) is 0 Å². The van der Waals surface area contributed by atoms with Crippen LogP contribution in [0.5, 0.6) is 0 Å². The quantitative estimate of drug-likeness (QED) is 0.820. The molecule has 1 heterocycles. The molecular formula is C16H24BrNO2. The van der Waals surface area contributed by atoms with Crippen molar-refractivity contribution in [1.29, 1.82) is 0 Å². The number of hydrogen-bond acceptors (Lipinski definition) is 3. The predicted molar refractivity (Wildman–Crippen MR) is 85.0 cm³/mol. The number of ether oxygens (including phenoxy) is 2. The lowest BCUT2D eigenvalue weighted by atomic mass is 10.1. The van der Waals surface area contributed by atoms with Crippen molar-refractivity contribution >= 4 is 15.9 Å². The number of hydrogen-bond donors (Lipinski definition) is 1. The molecule has 0 saturated carbocycles. The van der Waals surface area contributed by atoms with E-state index in [1.165, 1.54) is 18.4 Å². The van der Waals surface area contributed by atoms with E-state index in [0.717, 1.165) is 30.6 Å². The van der Waals surface area contributed by atoms with Crippen molar-refractivity contribution < 1.29 is 9.47 Å². The van der Waals surface area contributed by atoms with Gasteiger partial charge < -0.3 is 14.8 Å². The molecule has 1 aromatic carbocycles. The molecule has 112 valence electrons. The maximum Gasteiger partial charge on any atom is 0.0950 e. The molecule has 0 radical (unpaired) electrons. The van der Waals surface area contributed by atoms with Gasteiger partial charge in [0, 0.05) is 17.6 Å². The molecule has 0 bridgehead atoms. The summed E-state index contributed by atoms with van der Waals surface area (Å²) in [7, 11) is 0. The van der Waals surface area contributed by atoms with Crippen LogP contribution in [0.1, 0.15) is 37.9 Å². The van der Waals surface area contributed by atoms with E-state index in [0.29, 0.717) is 6.61 Å². The molecule has 0 aliphatic carbocycles. The molecule has 2 atom stereocenters. The highest BCUT2D eigenvalue weighted by Crippen LogP contribution is 2.21. The lowest BCUT2D eigenvalue weighted by Gasteiger charge is -2.26. The standard InChI is InChI=1S/C16H24BrNO2/c1-2-18-11-16(13-6-8-14(17)9-7-13)20-12-15-5-3-4-10-19-15/h6-9,15-16,18H,2-5,10-12H2,1H3. The molecule has 1 fully saturated rings. The zero-order valence-corrected chi connectivity index (χ0v) is 13.7. The van der Waals surface area contributed by atoms with E-state index < -0.39 is 0 Å². The minimum Gasteiger partial charge on any atom is -0.376 e. The van der Waals surface area contributed by atoms with Gasteiger partial charge in [-0.05, 0) is 43.5 Å². The molecule has 1 N–H and O–H groups in total. The van der Waals surface area contributed by atoms with Crippen LogP contribution in [0.2, 0.25) is 0 Å². The maximum atomic E-state index is 6.11. The van der Waals surface area contributed by atoms with Crippen molar-refractivity contribution in [2.45, 2.75) is 38.4 Å². The Morgan fingerprint density at radius 3 is 2.80 bits per heavy atom. The number of likely N-dealkylation sites (N-methyl/N-ethyl adjacent to an activating group) is 1. The van der Waals surface area contributed by atoms with Crippen LogP contribution >= 0.6 is 15.9 Å². The van der Waals surface area contributed by atoms with Gasteiger partial charge in [-0.2, -0.15) is 0 Å². The van der Waals surface area contributed by atoms with Crippen LogP contribution in [-0.2, 0) is 9.47 Å². The summed E-state index contributed by atoms with van der Waals surface area (Å²) >= 11 is 3.47. The van der Waals surface area contributed by atoms with E-state index in [4.69, 9.17) is 9.47 Å². The summed E-state index contributed by atoms with van der Waals surface area (Å²) < 4.78 is 12.9. The Balaban J connectivity index is 1.90. The van der Waals surface area contributed by atoms with Gasteiger partial charge in [0.05, 0.1) is 18.8 Å². The second-order valence-electron chi connectivity index (χ2n) is 5.17. The highest BCUT2D eigenvalue weighted by molar-refractivity contribution is 9.10. The van der Waals surface area contributed by atoms with Gasteiger partial charge >= 0.3 is 0 Å². The van der Waals surface area contributed by atoms with E-state index in [-0.39, 0.29) is 12.2 Å². The summed E-state index contributed by atoms with van der Waals surface area (Å²) in [5.41, 5.74) is 1.21. The Bertz CT molecular complexity index is 377. The number of benzene rings is 1. The van der Waals surface area contributed by atoms with Crippen LogP contribution in [0.25, 0.3) is 0 Å². The van der Waals surface area contributed by atoms with Crippen LogP contribution in [0, 0.1) is 0 Å². The molecule has 1 aliphatic rings. The SMILES string of the molecule is CCNCC(OCC1CCCCO1)c1ccc(Br)cc1. The lowest BCUT2D eigenvalue weighted by Crippen LogP contribution is -2.29. The molecule has 4 heteroatoms. The van der Waals surface area contributed by atoms with Gasteiger partial charge in [0.15, 0.2) is 0 Å². The molecule has 3 nitrogen and oxygen atoms in total. The summed E-state index contributed by atoms with van der Waals surface area (Å²) in [6.45, 7) is 5.47. The highest BCUT2D eigenvalue weighted by Gasteiger charge is 2.18. The van der Waals surface area contributed by atoms with Crippen LogP contribution < -0.4 is 5.32 Å². The van der Waals surface area contributed by atoms with E-state index >= 15 is 0 Å². The van der Waals surface area contributed by atoms with E-state index in [1.54, 1.807) is 0 Å². The first-order valence-electron chi connectivity index (χ1n) is 7.49. The third kappa shape index (κ3) is 5.17. The largest absolute Gasteiger partial charge is 0.376 e.